The van der Waals surface area contributed by atoms with Gasteiger partial charge >= 0.3 is 12.1 Å². The van der Waals surface area contributed by atoms with Crippen molar-refractivity contribution in [2.45, 2.75) is 25.9 Å². The van der Waals surface area contributed by atoms with Crippen LogP contribution < -0.4 is 0 Å². The highest BCUT2D eigenvalue weighted by molar-refractivity contribution is 5.88. The molecule has 0 amide bonds. The zero-order valence-corrected chi connectivity index (χ0v) is 13.2. The predicted octanol–water partition coefficient (Wildman–Crippen LogP) is 3.22. The first kappa shape index (κ1) is 17.6. The number of halogens is 3. The fourth-order valence-corrected chi connectivity index (χ4v) is 2.03. The fraction of sp³-hybridized carbons (Fsp3) is 0.333. The van der Waals surface area contributed by atoms with Crippen molar-refractivity contribution in [3.63, 3.8) is 0 Å². The Hall–Kier alpha value is -2.71. The molecule has 0 radical (unpaired) electrons. The molecule has 0 saturated heterocycles. The Balaban J connectivity index is 2.35. The third kappa shape index (κ3) is 3.79. The van der Waals surface area contributed by atoms with Crippen molar-refractivity contribution >= 4 is 18.1 Å². The summed E-state index contributed by atoms with van der Waals surface area (Å²) in [6, 6.07) is 0.908. The molecule has 2 aromatic heterocycles. The van der Waals surface area contributed by atoms with Crippen LogP contribution in [0.4, 0.5) is 13.2 Å². The maximum atomic E-state index is 12.6. The summed E-state index contributed by atoms with van der Waals surface area (Å²) in [6.45, 7) is 3.58. The summed E-state index contributed by atoms with van der Waals surface area (Å²) < 4.78 is 39.0. The molecule has 0 aliphatic rings. The number of alkyl halides is 3. The van der Waals surface area contributed by atoms with Crippen LogP contribution in [0.15, 0.2) is 12.3 Å². The number of aryl methyl sites for hydroxylation is 1. The number of carbonyl (C=O) groups is 1. The molecule has 1 N–H and O–H groups in total. The van der Waals surface area contributed by atoms with E-state index < -0.39 is 17.8 Å². The zero-order chi connectivity index (χ0) is 18.1. The number of aromatic carboxylic acids is 1. The summed E-state index contributed by atoms with van der Waals surface area (Å²) in [6.07, 6.45) is -0.528. The molecule has 0 saturated carbocycles. The van der Waals surface area contributed by atoms with Crippen LogP contribution in [0.25, 0.3) is 12.2 Å². The van der Waals surface area contributed by atoms with Gasteiger partial charge in [-0.25, -0.2) is 14.8 Å². The lowest BCUT2D eigenvalue weighted by molar-refractivity contribution is -0.141. The van der Waals surface area contributed by atoms with Gasteiger partial charge < -0.3 is 5.11 Å². The van der Waals surface area contributed by atoms with Crippen LogP contribution in [0, 0.1) is 0 Å². The molecular weight excluding hydrogens is 325 g/mol. The molecule has 0 fully saturated rings. The van der Waals surface area contributed by atoms with Crippen LogP contribution in [-0.2, 0) is 13.2 Å². The number of aromatic nitrogens is 4. The van der Waals surface area contributed by atoms with Crippen LogP contribution in [0.3, 0.4) is 0 Å². The van der Waals surface area contributed by atoms with Gasteiger partial charge in [0.05, 0.1) is 17.0 Å². The topological polar surface area (TPSA) is 80.9 Å². The highest BCUT2D eigenvalue weighted by atomic mass is 19.4. The van der Waals surface area contributed by atoms with Crippen LogP contribution in [0.5, 0.6) is 0 Å². The van der Waals surface area contributed by atoms with Gasteiger partial charge in [-0.1, -0.05) is 13.8 Å². The molecule has 24 heavy (non-hydrogen) atoms. The van der Waals surface area contributed by atoms with Crippen molar-refractivity contribution in [3.8, 4) is 0 Å². The van der Waals surface area contributed by atoms with E-state index in [1.807, 2.05) is 0 Å². The minimum Gasteiger partial charge on any atom is -0.478 e. The Morgan fingerprint density at radius 3 is 2.50 bits per heavy atom. The minimum absolute atomic E-state index is 0.00189. The average Bonchev–Trinajstić information content (AvgIpc) is 2.86. The van der Waals surface area contributed by atoms with Crippen LogP contribution in [0.1, 0.15) is 53.0 Å². The van der Waals surface area contributed by atoms with Crippen LogP contribution in [0.2, 0.25) is 0 Å². The Labute approximate surface area is 135 Å². The molecule has 0 unspecified atom stereocenters. The Kier molecular flexibility index (Phi) is 4.72. The Bertz CT molecular complexity index is 795. The first-order valence-corrected chi connectivity index (χ1v) is 6.99. The summed E-state index contributed by atoms with van der Waals surface area (Å²) >= 11 is 0. The van der Waals surface area contributed by atoms with Gasteiger partial charge in [-0.3, -0.25) is 4.68 Å². The van der Waals surface area contributed by atoms with Crippen molar-refractivity contribution in [1.82, 2.24) is 19.7 Å². The van der Waals surface area contributed by atoms with Crippen molar-refractivity contribution in [1.29, 1.82) is 0 Å². The van der Waals surface area contributed by atoms with Gasteiger partial charge in [-0.05, 0) is 24.1 Å². The number of nitrogens with zero attached hydrogens (tertiary/aromatic N) is 4. The normalized spacial score (nSPS) is 12.3. The number of hydrogen-bond acceptors (Lipinski definition) is 4. The van der Waals surface area contributed by atoms with Crippen molar-refractivity contribution in [2.24, 2.45) is 7.05 Å². The lowest BCUT2D eigenvalue weighted by Gasteiger charge is -2.08. The molecule has 0 bridgehead atoms. The second kappa shape index (κ2) is 6.42. The van der Waals surface area contributed by atoms with E-state index in [4.69, 9.17) is 5.11 Å². The molecule has 0 aliphatic heterocycles. The van der Waals surface area contributed by atoms with E-state index in [1.54, 1.807) is 13.8 Å². The number of carboxylic acid groups (broad SMARTS) is 1. The lowest BCUT2D eigenvalue weighted by atomic mass is 10.1. The Morgan fingerprint density at radius 2 is 2.00 bits per heavy atom. The highest BCUT2D eigenvalue weighted by Crippen LogP contribution is 2.28. The quantitative estimate of drug-likeness (QED) is 0.924. The van der Waals surface area contributed by atoms with E-state index in [-0.39, 0.29) is 23.0 Å². The van der Waals surface area contributed by atoms with Crippen LogP contribution in [-0.4, -0.2) is 30.8 Å². The molecule has 128 valence electrons. The SMILES string of the molecule is CC(C)c1nc(C=Cc2cc(C(F)(F)F)nn2C)ncc1C(=O)O. The minimum atomic E-state index is -4.52. The maximum absolute atomic E-state index is 12.6. The van der Waals surface area contributed by atoms with E-state index in [0.29, 0.717) is 5.69 Å². The van der Waals surface area contributed by atoms with Crippen molar-refractivity contribution in [2.75, 3.05) is 0 Å². The van der Waals surface area contributed by atoms with E-state index >= 15 is 0 Å². The molecule has 9 heteroatoms. The highest BCUT2D eigenvalue weighted by Gasteiger charge is 2.34. The average molecular weight is 340 g/mol. The standard InChI is InChI=1S/C15H15F3N4O2/c1-8(2)13-10(14(23)24)7-19-12(20-13)5-4-9-6-11(15(16,17)18)21-22(9)3/h4-8H,1-3H3,(H,23,24). The number of carboxylic acids is 1. The smallest absolute Gasteiger partial charge is 0.435 e. The molecule has 0 spiro atoms. The van der Waals surface area contributed by atoms with Gasteiger partial charge in [0, 0.05) is 13.2 Å². The zero-order valence-electron chi connectivity index (χ0n) is 13.2. The molecule has 0 aromatic carbocycles. The molecule has 0 aliphatic carbocycles. The molecule has 0 atom stereocenters. The van der Waals surface area contributed by atoms with Gasteiger partial charge in [0.1, 0.15) is 0 Å². The van der Waals surface area contributed by atoms with E-state index in [9.17, 15) is 18.0 Å². The summed E-state index contributed by atoms with van der Waals surface area (Å²) in [5, 5.41) is 12.5. The monoisotopic (exact) mass is 340 g/mol. The first-order valence-electron chi connectivity index (χ1n) is 6.99. The molecule has 6 nitrogen and oxygen atoms in total. The number of hydrogen-bond donors (Lipinski definition) is 1. The largest absolute Gasteiger partial charge is 0.478 e. The molecule has 2 aromatic rings. The van der Waals surface area contributed by atoms with Crippen LogP contribution >= 0.6 is 0 Å². The summed E-state index contributed by atoms with van der Waals surface area (Å²) in [7, 11) is 1.39. The summed E-state index contributed by atoms with van der Waals surface area (Å²) in [5.74, 6) is -1.06. The third-order valence-electron chi connectivity index (χ3n) is 3.22. The Morgan fingerprint density at radius 1 is 1.33 bits per heavy atom. The second-order valence-electron chi connectivity index (χ2n) is 5.40. The van der Waals surface area contributed by atoms with Gasteiger partial charge in [-0.2, -0.15) is 18.3 Å². The molecule has 2 heterocycles. The van der Waals surface area contributed by atoms with Gasteiger partial charge in [0.15, 0.2) is 11.5 Å². The van der Waals surface area contributed by atoms with Gasteiger partial charge in [0.25, 0.3) is 0 Å². The van der Waals surface area contributed by atoms with E-state index in [1.165, 1.54) is 25.4 Å². The fourth-order valence-electron chi connectivity index (χ4n) is 2.03. The maximum Gasteiger partial charge on any atom is 0.435 e. The second-order valence-corrected chi connectivity index (χ2v) is 5.40. The third-order valence-corrected chi connectivity index (χ3v) is 3.22. The molecule has 2 rings (SSSR count). The predicted molar refractivity (Wildman–Crippen MR) is 80.2 cm³/mol. The summed E-state index contributed by atoms with van der Waals surface area (Å²) in [4.78, 5) is 19.2. The van der Waals surface area contributed by atoms with Crippen molar-refractivity contribution < 1.29 is 23.1 Å². The first-order chi connectivity index (χ1) is 11.1. The van der Waals surface area contributed by atoms with Crippen molar-refractivity contribution in [3.05, 3.63) is 40.7 Å². The van der Waals surface area contributed by atoms with Gasteiger partial charge in [-0.15, -0.1) is 0 Å². The van der Waals surface area contributed by atoms with E-state index in [0.717, 1.165) is 10.7 Å². The molecular formula is C15H15F3N4O2. The summed E-state index contributed by atoms with van der Waals surface area (Å²) in [5.41, 5.74) is -0.408. The number of rotatable bonds is 4. The lowest BCUT2D eigenvalue weighted by Crippen LogP contribution is -2.08. The van der Waals surface area contributed by atoms with E-state index in [2.05, 4.69) is 15.1 Å². The van der Waals surface area contributed by atoms with Gasteiger partial charge in [0.2, 0.25) is 0 Å².